The number of esters is 2. The van der Waals surface area contributed by atoms with Crippen molar-refractivity contribution in [3.8, 4) is 0 Å². The second-order valence-corrected chi connectivity index (χ2v) is 3.88. The molecule has 6 heteroatoms. The maximum atomic E-state index is 11.6. The van der Waals surface area contributed by atoms with E-state index >= 15 is 0 Å². The van der Waals surface area contributed by atoms with Crippen molar-refractivity contribution in [2.45, 2.75) is 12.2 Å². The predicted octanol–water partition coefficient (Wildman–Crippen LogP) is -0.529. The highest BCUT2D eigenvalue weighted by atomic mass is 16.6. The van der Waals surface area contributed by atoms with Crippen LogP contribution in [0.15, 0.2) is 12.2 Å². The van der Waals surface area contributed by atoms with Gasteiger partial charge in [0.1, 0.15) is 17.9 Å². The third-order valence-electron chi connectivity index (χ3n) is 3.05. The van der Waals surface area contributed by atoms with Crippen LogP contribution < -0.4 is 0 Å². The molecule has 0 aromatic heterocycles. The Labute approximate surface area is 97.5 Å². The van der Waals surface area contributed by atoms with Gasteiger partial charge in [-0.15, -0.1) is 0 Å². The molecular weight excluding hydrogens is 228 g/mol. The van der Waals surface area contributed by atoms with E-state index < -0.39 is 36.0 Å². The number of carbonyl (C=O) groups excluding carboxylic acids is 3. The molecule has 17 heavy (non-hydrogen) atoms. The van der Waals surface area contributed by atoms with Gasteiger partial charge in [0, 0.05) is 0 Å². The molecule has 4 atom stereocenters. The first-order chi connectivity index (χ1) is 8.10. The van der Waals surface area contributed by atoms with Gasteiger partial charge in [-0.3, -0.25) is 14.4 Å². The highest BCUT2D eigenvalue weighted by Gasteiger charge is 2.56. The Morgan fingerprint density at radius 3 is 2.35 bits per heavy atom. The van der Waals surface area contributed by atoms with E-state index in [1.54, 1.807) is 0 Å². The van der Waals surface area contributed by atoms with Crippen molar-refractivity contribution in [1.82, 2.24) is 0 Å². The Hall–Kier alpha value is -1.69. The van der Waals surface area contributed by atoms with Crippen LogP contribution in [0.3, 0.4) is 0 Å². The summed E-state index contributed by atoms with van der Waals surface area (Å²) < 4.78 is 14.6. The lowest BCUT2D eigenvalue weighted by Crippen LogP contribution is -2.37. The van der Waals surface area contributed by atoms with Crippen molar-refractivity contribution in [3.05, 3.63) is 12.2 Å². The van der Waals surface area contributed by atoms with Gasteiger partial charge in [0.2, 0.25) is 0 Å². The van der Waals surface area contributed by atoms with Crippen molar-refractivity contribution in [2.24, 2.45) is 11.8 Å². The van der Waals surface area contributed by atoms with Crippen LogP contribution in [0.2, 0.25) is 0 Å². The van der Waals surface area contributed by atoms with E-state index in [0.717, 1.165) is 0 Å². The number of ether oxygens (including phenoxy) is 3. The van der Waals surface area contributed by atoms with Gasteiger partial charge in [0.05, 0.1) is 20.3 Å². The van der Waals surface area contributed by atoms with Crippen LogP contribution in [-0.2, 0) is 28.6 Å². The second kappa shape index (κ2) is 4.29. The van der Waals surface area contributed by atoms with Crippen LogP contribution in [0.1, 0.15) is 0 Å². The normalized spacial score (nSPS) is 34.6. The summed E-state index contributed by atoms with van der Waals surface area (Å²) in [6.07, 6.45) is 1.26. The number of hydrogen-bond acceptors (Lipinski definition) is 6. The molecule has 1 fully saturated rings. The van der Waals surface area contributed by atoms with Gasteiger partial charge >= 0.3 is 11.9 Å². The minimum Gasteiger partial charge on any atom is -0.469 e. The molecule has 0 aromatic rings. The fourth-order valence-corrected chi connectivity index (χ4v) is 2.25. The number of ketones is 1. The third-order valence-corrected chi connectivity index (χ3v) is 3.05. The lowest BCUT2D eigenvalue weighted by Gasteiger charge is -2.16. The maximum absolute atomic E-state index is 11.6. The molecule has 2 rings (SSSR count). The molecule has 0 radical (unpaired) electrons. The van der Waals surface area contributed by atoms with Crippen LogP contribution in [0.4, 0.5) is 0 Å². The van der Waals surface area contributed by atoms with E-state index in [1.807, 2.05) is 0 Å². The van der Waals surface area contributed by atoms with Gasteiger partial charge in [0.15, 0.2) is 5.78 Å². The SMILES string of the molecule is COC(=O)[C@@H]1[C@@H](C(=O)OC)[C@@H]2O[C@H]1C=CC2=O. The van der Waals surface area contributed by atoms with Gasteiger partial charge in [-0.2, -0.15) is 0 Å². The second-order valence-electron chi connectivity index (χ2n) is 3.88. The molecule has 0 N–H and O–H groups in total. The molecular formula is C11H12O6. The summed E-state index contributed by atoms with van der Waals surface area (Å²) >= 11 is 0. The summed E-state index contributed by atoms with van der Waals surface area (Å²) in [5, 5.41) is 0. The van der Waals surface area contributed by atoms with Crippen LogP contribution in [-0.4, -0.2) is 44.1 Å². The maximum Gasteiger partial charge on any atom is 0.312 e. The van der Waals surface area contributed by atoms with Gasteiger partial charge in [-0.05, 0) is 6.08 Å². The molecule has 0 aliphatic carbocycles. The zero-order chi connectivity index (χ0) is 12.6. The highest BCUT2D eigenvalue weighted by molar-refractivity contribution is 6.00. The van der Waals surface area contributed by atoms with Gasteiger partial charge < -0.3 is 14.2 Å². The monoisotopic (exact) mass is 240 g/mol. The Balaban J connectivity index is 2.35. The molecule has 0 amide bonds. The molecule has 0 aromatic carbocycles. The average molecular weight is 240 g/mol. The summed E-state index contributed by atoms with van der Waals surface area (Å²) in [7, 11) is 2.43. The van der Waals surface area contributed by atoms with Gasteiger partial charge in [0.25, 0.3) is 0 Å². The van der Waals surface area contributed by atoms with E-state index in [9.17, 15) is 14.4 Å². The first-order valence-electron chi connectivity index (χ1n) is 5.13. The number of methoxy groups -OCH3 is 2. The molecule has 2 bridgehead atoms. The minimum atomic E-state index is -0.943. The Bertz CT molecular complexity index is 399. The highest BCUT2D eigenvalue weighted by Crippen LogP contribution is 2.38. The largest absolute Gasteiger partial charge is 0.469 e. The molecule has 2 aliphatic heterocycles. The standard InChI is InChI=1S/C11H12O6/c1-15-10(13)7-6-4-3-5(12)9(17-6)8(7)11(14)16-2/h3-4,6-9H,1-2H3/t6-,7-,8+,9+/m0/s1. The van der Waals surface area contributed by atoms with Crippen molar-refractivity contribution in [1.29, 1.82) is 0 Å². The summed E-state index contributed by atoms with van der Waals surface area (Å²) in [5.74, 6) is -3.29. The molecule has 0 saturated carbocycles. The molecule has 6 nitrogen and oxygen atoms in total. The van der Waals surface area contributed by atoms with Gasteiger partial charge in [-0.1, -0.05) is 6.08 Å². The fourth-order valence-electron chi connectivity index (χ4n) is 2.25. The van der Waals surface area contributed by atoms with Crippen molar-refractivity contribution in [3.63, 3.8) is 0 Å². The number of carbonyl (C=O) groups is 3. The van der Waals surface area contributed by atoms with Crippen molar-refractivity contribution >= 4 is 17.7 Å². The first-order valence-corrected chi connectivity index (χ1v) is 5.13. The van der Waals surface area contributed by atoms with Crippen LogP contribution in [0, 0.1) is 11.8 Å². The summed E-state index contributed by atoms with van der Waals surface area (Å²) in [4.78, 5) is 34.8. The molecule has 2 aliphatic rings. The molecule has 2 heterocycles. The minimum absolute atomic E-state index is 0.331. The van der Waals surface area contributed by atoms with Crippen molar-refractivity contribution < 1.29 is 28.6 Å². The predicted molar refractivity (Wildman–Crippen MR) is 53.8 cm³/mol. The van der Waals surface area contributed by atoms with E-state index in [-0.39, 0.29) is 5.78 Å². The summed E-state index contributed by atoms with van der Waals surface area (Å²) in [6, 6.07) is 0. The molecule has 92 valence electrons. The van der Waals surface area contributed by atoms with E-state index in [2.05, 4.69) is 9.47 Å². The zero-order valence-corrected chi connectivity index (χ0v) is 9.41. The fraction of sp³-hybridized carbons (Fsp3) is 0.545. The first kappa shape index (κ1) is 11.8. The lowest BCUT2D eigenvalue weighted by molar-refractivity contribution is -0.157. The number of hydrogen-bond donors (Lipinski definition) is 0. The number of fused-ring (bicyclic) bond motifs is 2. The molecule has 1 saturated heterocycles. The van der Waals surface area contributed by atoms with E-state index in [4.69, 9.17) is 4.74 Å². The molecule has 0 unspecified atom stereocenters. The van der Waals surface area contributed by atoms with Crippen molar-refractivity contribution in [2.75, 3.05) is 14.2 Å². The third kappa shape index (κ3) is 1.74. The smallest absolute Gasteiger partial charge is 0.312 e. The average Bonchev–Trinajstić information content (AvgIpc) is 2.67. The van der Waals surface area contributed by atoms with E-state index in [0.29, 0.717) is 0 Å². The van der Waals surface area contributed by atoms with Gasteiger partial charge in [-0.25, -0.2) is 0 Å². The summed E-state index contributed by atoms with van der Waals surface area (Å²) in [5.41, 5.74) is 0. The Morgan fingerprint density at radius 2 is 1.76 bits per heavy atom. The lowest BCUT2D eigenvalue weighted by atomic mass is 9.87. The van der Waals surface area contributed by atoms with Crippen LogP contribution >= 0.6 is 0 Å². The topological polar surface area (TPSA) is 78.9 Å². The quantitative estimate of drug-likeness (QED) is 0.604. The Morgan fingerprint density at radius 1 is 1.18 bits per heavy atom. The van der Waals surface area contributed by atoms with E-state index in [1.165, 1.54) is 26.4 Å². The zero-order valence-electron chi connectivity index (χ0n) is 9.41. The van der Waals surface area contributed by atoms with Crippen LogP contribution in [0.25, 0.3) is 0 Å². The van der Waals surface area contributed by atoms with Crippen LogP contribution in [0.5, 0.6) is 0 Å². The Kier molecular flexibility index (Phi) is 2.97. The number of rotatable bonds is 2. The summed E-state index contributed by atoms with van der Waals surface area (Å²) in [6.45, 7) is 0. The molecule has 0 spiro atoms.